The Labute approximate surface area is 260 Å². The summed E-state index contributed by atoms with van der Waals surface area (Å²) in [5, 5.41) is 5.05. The van der Waals surface area contributed by atoms with Gasteiger partial charge in [0, 0.05) is 45.2 Å². The molecule has 43 heavy (non-hydrogen) atoms. The van der Waals surface area contributed by atoms with E-state index in [9.17, 15) is 0 Å². The smallest absolute Gasteiger partial charge is 0.0909 e. The van der Waals surface area contributed by atoms with Gasteiger partial charge in [-0.15, -0.1) is 34.4 Å². The number of rotatable bonds is 3. The summed E-state index contributed by atoms with van der Waals surface area (Å²) in [6.45, 7) is 2.13. The summed E-state index contributed by atoms with van der Waals surface area (Å²) in [7, 11) is 0. The summed E-state index contributed by atoms with van der Waals surface area (Å²) in [5.74, 6) is 0. The normalized spacial score (nSPS) is 12.0. The fraction of sp³-hybridized carbons (Fsp3) is 0.0526. The van der Waals surface area contributed by atoms with E-state index in [1.165, 1.54) is 73.1 Å². The van der Waals surface area contributed by atoms with Gasteiger partial charge in [-0.1, -0.05) is 66.2 Å². The van der Waals surface area contributed by atoms with E-state index < -0.39 is 0 Å². The summed E-state index contributed by atoms with van der Waals surface area (Å²) in [6.07, 6.45) is 2.11. The molecule has 9 rings (SSSR count). The molecular formula is C38H24N2S3. The zero-order valence-electron chi connectivity index (χ0n) is 23.5. The topological polar surface area (TPSA) is 25.8 Å². The molecule has 0 amide bonds. The average molecular weight is 605 g/mol. The molecule has 5 heteroatoms. The summed E-state index contributed by atoms with van der Waals surface area (Å²) >= 11 is 5.44. The lowest BCUT2D eigenvalue weighted by molar-refractivity contribution is 1.42. The van der Waals surface area contributed by atoms with E-state index in [2.05, 4.69) is 122 Å². The van der Waals surface area contributed by atoms with Crippen molar-refractivity contribution in [3.8, 4) is 22.3 Å². The first-order chi connectivity index (χ1) is 21.1. The minimum Gasteiger partial charge on any atom is -0.244 e. The average Bonchev–Trinajstić information content (AvgIpc) is 3.57. The largest absolute Gasteiger partial charge is 0.244 e. The van der Waals surface area contributed by atoms with Crippen LogP contribution in [0.15, 0.2) is 114 Å². The van der Waals surface area contributed by atoms with Gasteiger partial charge < -0.3 is 0 Å². The molecule has 0 aliphatic carbocycles. The molecule has 0 N–H and O–H groups in total. The molecule has 0 unspecified atom stereocenters. The molecule has 0 aliphatic rings. The van der Waals surface area contributed by atoms with Crippen LogP contribution >= 0.6 is 34.4 Å². The Morgan fingerprint density at radius 3 is 1.35 bits per heavy atom. The molecule has 0 radical (unpaired) electrons. The van der Waals surface area contributed by atoms with Crippen LogP contribution in [0.4, 0.5) is 0 Å². The van der Waals surface area contributed by atoms with Crippen LogP contribution in [0.5, 0.6) is 0 Å². The van der Waals surface area contributed by atoms with Crippen molar-refractivity contribution in [3.05, 3.63) is 115 Å². The third-order valence-electron chi connectivity index (χ3n) is 8.43. The van der Waals surface area contributed by atoms with E-state index in [1.807, 2.05) is 22.7 Å². The second-order valence-corrected chi connectivity index (χ2v) is 14.2. The number of benzene rings is 6. The van der Waals surface area contributed by atoms with Crippen LogP contribution < -0.4 is 0 Å². The molecule has 204 valence electrons. The first-order valence-corrected chi connectivity index (χ1v) is 17.1. The second kappa shape index (κ2) is 9.61. The minimum absolute atomic E-state index is 0.943. The number of thioether (sulfide) groups is 1. The number of hydrogen-bond acceptors (Lipinski definition) is 5. The molecule has 2 nitrogen and oxygen atoms in total. The Morgan fingerprint density at radius 1 is 0.442 bits per heavy atom. The van der Waals surface area contributed by atoms with Gasteiger partial charge in [0.2, 0.25) is 0 Å². The number of nitrogens with zero attached hydrogens (tertiary/aromatic N) is 2. The van der Waals surface area contributed by atoms with E-state index in [-0.39, 0.29) is 0 Å². The van der Waals surface area contributed by atoms with Gasteiger partial charge in [0.05, 0.1) is 22.1 Å². The Bertz CT molecular complexity index is 2540. The fourth-order valence-electron chi connectivity index (χ4n) is 6.11. The van der Waals surface area contributed by atoms with Gasteiger partial charge in [-0.2, -0.15) is 0 Å². The van der Waals surface area contributed by atoms with Crippen molar-refractivity contribution < 1.29 is 0 Å². The quantitative estimate of drug-likeness (QED) is 0.148. The van der Waals surface area contributed by atoms with Crippen LogP contribution in [0.1, 0.15) is 5.56 Å². The number of fused-ring (bicyclic) bond motifs is 8. The first kappa shape index (κ1) is 25.2. The molecular weight excluding hydrogens is 581 g/mol. The molecule has 3 heterocycles. The van der Waals surface area contributed by atoms with E-state index in [0.29, 0.717) is 0 Å². The van der Waals surface area contributed by atoms with Gasteiger partial charge in [-0.25, -0.2) is 9.97 Å². The predicted molar refractivity (Wildman–Crippen MR) is 190 cm³/mol. The maximum absolute atomic E-state index is 5.14. The van der Waals surface area contributed by atoms with E-state index in [0.717, 1.165) is 22.1 Å². The van der Waals surface area contributed by atoms with Crippen molar-refractivity contribution in [3.63, 3.8) is 0 Å². The Hall–Kier alpha value is -4.29. The standard InChI is InChI=1S/C38H24N2S3/c1-21-3-5-22(6-4-21)24-9-13-27-29-17-31-33(19-37(29)42-35(27)15-24)40-32-18-30-28-14-10-25(23-7-11-26(41-2)12-8-23)16-36(28)43-38(30)20-34(32)39-31/h3-20H,1-2H3. The SMILES string of the molecule is CSc1ccc(-c2ccc3c(c2)sc2cc4nc5cc6c(cc5nc4cc23)sc2cc(-c3ccc(C)cc3)ccc26)cc1. The van der Waals surface area contributed by atoms with E-state index in [1.54, 1.807) is 11.8 Å². The molecule has 9 aromatic rings. The van der Waals surface area contributed by atoms with Gasteiger partial charge in [-0.05, 0) is 84.0 Å². The summed E-state index contributed by atoms with van der Waals surface area (Å²) in [6, 6.07) is 40.1. The van der Waals surface area contributed by atoms with E-state index in [4.69, 9.17) is 9.97 Å². The van der Waals surface area contributed by atoms with Crippen molar-refractivity contribution in [2.45, 2.75) is 11.8 Å². The Balaban J connectivity index is 1.16. The van der Waals surface area contributed by atoms with Gasteiger partial charge in [0.1, 0.15) is 0 Å². The molecule has 6 aromatic carbocycles. The molecule has 3 aromatic heterocycles. The van der Waals surface area contributed by atoms with Gasteiger partial charge in [0.15, 0.2) is 0 Å². The lowest BCUT2D eigenvalue weighted by Crippen LogP contribution is -1.87. The van der Waals surface area contributed by atoms with Gasteiger partial charge in [-0.3, -0.25) is 0 Å². The third kappa shape index (κ3) is 4.14. The van der Waals surface area contributed by atoms with Gasteiger partial charge >= 0.3 is 0 Å². The van der Waals surface area contributed by atoms with Crippen LogP contribution in [-0.2, 0) is 0 Å². The van der Waals surface area contributed by atoms with Crippen molar-refractivity contribution in [2.75, 3.05) is 6.26 Å². The lowest BCUT2D eigenvalue weighted by atomic mass is 10.0. The Morgan fingerprint density at radius 2 is 0.860 bits per heavy atom. The van der Waals surface area contributed by atoms with Gasteiger partial charge in [0.25, 0.3) is 0 Å². The van der Waals surface area contributed by atoms with E-state index >= 15 is 0 Å². The second-order valence-electron chi connectivity index (χ2n) is 11.1. The summed E-state index contributed by atoms with van der Waals surface area (Å²) in [4.78, 5) is 11.6. The van der Waals surface area contributed by atoms with Crippen LogP contribution in [0.3, 0.4) is 0 Å². The maximum atomic E-state index is 5.14. The summed E-state index contributed by atoms with van der Waals surface area (Å²) < 4.78 is 5.08. The Kier molecular flexibility index (Phi) is 5.64. The molecule has 0 saturated heterocycles. The summed E-state index contributed by atoms with van der Waals surface area (Å²) in [5.41, 5.74) is 10.0. The zero-order chi connectivity index (χ0) is 28.7. The first-order valence-electron chi connectivity index (χ1n) is 14.3. The number of aryl methyl sites for hydroxylation is 1. The van der Waals surface area contributed by atoms with Crippen molar-refractivity contribution in [2.24, 2.45) is 0 Å². The lowest BCUT2D eigenvalue weighted by Gasteiger charge is -2.04. The number of thiophene rings is 2. The van der Waals surface area contributed by atoms with Crippen LogP contribution in [-0.4, -0.2) is 16.2 Å². The van der Waals surface area contributed by atoms with Crippen LogP contribution in [0.2, 0.25) is 0 Å². The third-order valence-corrected chi connectivity index (χ3v) is 11.4. The maximum Gasteiger partial charge on any atom is 0.0909 e. The molecule has 0 atom stereocenters. The molecule has 0 spiro atoms. The highest BCUT2D eigenvalue weighted by Gasteiger charge is 2.13. The highest BCUT2D eigenvalue weighted by molar-refractivity contribution is 7.98. The predicted octanol–water partition coefficient (Wildman–Crippen LogP) is 11.9. The molecule has 0 saturated carbocycles. The van der Waals surface area contributed by atoms with Crippen LogP contribution in [0.25, 0.3) is 84.7 Å². The number of aromatic nitrogens is 2. The molecule has 0 fully saturated rings. The van der Waals surface area contributed by atoms with Crippen molar-refractivity contribution in [1.82, 2.24) is 9.97 Å². The monoisotopic (exact) mass is 604 g/mol. The highest BCUT2D eigenvalue weighted by Crippen LogP contribution is 2.40. The van der Waals surface area contributed by atoms with Crippen LogP contribution in [0, 0.1) is 6.92 Å². The highest BCUT2D eigenvalue weighted by atomic mass is 32.2. The van der Waals surface area contributed by atoms with Crippen molar-refractivity contribution >= 4 is 96.8 Å². The minimum atomic E-state index is 0.943. The fourth-order valence-corrected chi connectivity index (χ4v) is 8.84. The zero-order valence-corrected chi connectivity index (χ0v) is 26.0. The molecule has 0 bridgehead atoms. The van der Waals surface area contributed by atoms with Crippen molar-refractivity contribution in [1.29, 1.82) is 0 Å². The molecule has 0 aliphatic heterocycles. The number of hydrogen-bond donors (Lipinski definition) is 0.